The van der Waals surface area contributed by atoms with Crippen LogP contribution in [0.2, 0.25) is 5.02 Å². The van der Waals surface area contributed by atoms with Crippen molar-refractivity contribution in [1.29, 1.82) is 0 Å². The second-order valence-electron chi connectivity index (χ2n) is 6.27. The van der Waals surface area contributed by atoms with E-state index in [9.17, 15) is 4.79 Å². The molecule has 1 atom stereocenters. The third-order valence-corrected chi connectivity index (χ3v) is 4.81. The van der Waals surface area contributed by atoms with Crippen molar-refractivity contribution in [3.8, 4) is 0 Å². The van der Waals surface area contributed by atoms with E-state index in [1.165, 1.54) is 0 Å². The largest absolute Gasteiger partial charge is 0.367 e. The summed E-state index contributed by atoms with van der Waals surface area (Å²) >= 11 is 6.26. The number of benzene rings is 1. The first kappa shape index (κ1) is 16.8. The number of anilines is 1. The molecule has 3 rings (SSSR count). The minimum atomic E-state index is -0.569. The molecule has 1 N–H and O–H groups in total. The summed E-state index contributed by atoms with van der Waals surface area (Å²) in [4.78, 5) is 14.4. The topological polar surface area (TPSA) is 59.4 Å². The van der Waals surface area contributed by atoms with Crippen LogP contribution >= 0.6 is 11.6 Å². The Morgan fingerprint density at radius 1 is 1.46 bits per heavy atom. The number of carbonyl (C=O) groups is 1. The molecule has 7 heteroatoms. The molecular formula is C17H21ClN4O2. The van der Waals surface area contributed by atoms with Crippen molar-refractivity contribution in [3.05, 3.63) is 46.7 Å². The predicted octanol–water partition coefficient (Wildman–Crippen LogP) is 3.16. The van der Waals surface area contributed by atoms with Crippen LogP contribution < -0.4 is 5.32 Å². The number of carbonyl (C=O) groups excluding carboxylic acids is 1. The van der Waals surface area contributed by atoms with E-state index in [0.717, 1.165) is 11.1 Å². The van der Waals surface area contributed by atoms with E-state index < -0.39 is 5.60 Å². The summed E-state index contributed by atoms with van der Waals surface area (Å²) in [5.74, 6) is 0. The highest BCUT2D eigenvalue weighted by Crippen LogP contribution is 2.30. The van der Waals surface area contributed by atoms with Crippen LogP contribution in [-0.4, -0.2) is 40.4 Å². The minimum absolute atomic E-state index is 0.180. The molecule has 0 aliphatic carbocycles. The highest BCUT2D eigenvalue weighted by Gasteiger charge is 2.36. The Hall–Kier alpha value is -2.05. The Morgan fingerprint density at radius 3 is 2.96 bits per heavy atom. The average Bonchev–Trinajstić information content (AvgIpc) is 2.99. The number of nitrogens with zero attached hydrogens (tertiary/aromatic N) is 3. The number of aromatic nitrogens is 2. The molecule has 1 aliphatic heterocycles. The van der Waals surface area contributed by atoms with E-state index in [0.29, 0.717) is 30.4 Å². The quantitative estimate of drug-likeness (QED) is 0.906. The maximum atomic E-state index is 12.6. The summed E-state index contributed by atoms with van der Waals surface area (Å²) < 4.78 is 7.67. The number of aryl methyl sites for hydroxylation is 2. The van der Waals surface area contributed by atoms with Crippen LogP contribution in [0.3, 0.4) is 0 Å². The highest BCUT2D eigenvalue weighted by molar-refractivity contribution is 6.34. The Balaban J connectivity index is 1.74. The standard InChI is InChI=1S/C17H21ClN4O2/c1-12-5-4-6-14(15(12)18)20-16(23)22-7-8-24-17(2,11-22)13-9-19-21(3)10-13/h4-6,9-10H,7-8,11H2,1-3H3,(H,20,23)/t17-/m0/s1. The summed E-state index contributed by atoms with van der Waals surface area (Å²) in [5.41, 5.74) is 1.93. The highest BCUT2D eigenvalue weighted by atomic mass is 35.5. The number of hydrogen-bond acceptors (Lipinski definition) is 3. The molecule has 1 aliphatic rings. The van der Waals surface area contributed by atoms with Gasteiger partial charge in [0.2, 0.25) is 0 Å². The Labute approximate surface area is 146 Å². The zero-order valence-corrected chi connectivity index (χ0v) is 14.8. The lowest BCUT2D eigenvalue weighted by atomic mass is 9.97. The second kappa shape index (κ2) is 6.45. The van der Waals surface area contributed by atoms with Crippen LogP contribution in [-0.2, 0) is 17.4 Å². The maximum absolute atomic E-state index is 12.6. The lowest BCUT2D eigenvalue weighted by Gasteiger charge is -2.40. The molecular weight excluding hydrogens is 328 g/mol. The minimum Gasteiger partial charge on any atom is -0.367 e. The van der Waals surface area contributed by atoms with Crippen molar-refractivity contribution >= 4 is 23.3 Å². The number of morpholine rings is 1. The normalized spacial score (nSPS) is 20.9. The average molecular weight is 349 g/mol. The molecule has 2 heterocycles. The van der Waals surface area contributed by atoms with E-state index in [4.69, 9.17) is 16.3 Å². The van der Waals surface area contributed by atoms with Gasteiger partial charge in [-0.15, -0.1) is 0 Å². The fraction of sp³-hybridized carbons (Fsp3) is 0.412. The Morgan fingerprint density at radius 2 is 2.25 bits per heavy atom. The molecule has 1 aromatic heterocycles. The number of ether oxygens (including phenoxy) is 1. The maximum Gasteiger partial charge on any atom is 0.322 e. The van der Waals surface area contributed by atoms with Crippen LogP contribution in [0.4, 0.5) is 10.5 Å². The van der Waals surface area contributed by atoms with E-state index in [-0.39, 0.29) is 6.03 Å². The summed E-state index contributed by atoms with van der Waals surface area (Å²) in [6.45, 7) is 5.34. The van der Waals surface area contributed by atoms with Crippen LogP contribution in [0, 0.1) is 6.92 Å². The van der Waals surface area contributed by atoms with Crippen molar-refractivity contribution in [3.63, 3.8) is 0 Å². The molecule has 0 bridgehead atoms. The van der Waals surface area contributed by atoms with Gasteiger partial charge in [0, 0.05) is 25.4 Å². The van der Waals surface area contributed by atoms with E-state index >= 15 is 0 Å². The van der Waals surface area contributed by atoms with Gasteiger partial charge in [-0.25, -0.2) is 4.79 Å². The van der Waals surface area contributed by atoms with Crippen LogP contribution in [0.5, 0.6) is 0 Å². The first-order valence-electron chi connectivity index (χ1n) is 7.83. The van der Waals surface area contributed by atoms with Crippen LogP contribution in [0.25, 0.3) is 0 Å². The molecule has 1 aromatic carbocycles. The van der Waals surface area contributed by atoms with Crippen molar-refractivity contribution in [2.45, 2.75) is 19.4 Å². The Bertz CT molecular complexity index is 761. The van der Waals surface area contributed by atoms with Gasteiger partial charge in [-0.05, 0) is 25.5 Å². The number of halogens is 1. The van der Waals surface area contributed by atoms with E-state index in [2.05, 4.69) is 10.4 Å². The number of rotatable bonds is 2. The van der Waals surface area contributed by atoms with Crippen molar-refractivity contribution < 1.29 is 9.53 Å². The molecule has 0 radical (unpaired) electrons. The van der Waals surface area contributed by atoms with Crippen molar-refractivity contribution in [2.75, 3.05) is 25.0 Å². The smallest absolute Gasteiger partial charge is 0.322 e. The monoisotopic (exact) mass is 348 g/mol. The molecule has 128 valence electrons. The van der Waals surface area contributed by atoms with Crippen LogP contribution in [0.1, 0.15) is 18.1 Å². The SMILES string of the molecule is Cc1cccc(NC(=O)N2CCO[C@](C)(c3cnn(C)c3)C2)c1Cl. The molecule has 0 unspecified atom stereocenters. The first-order chi connectivity index (χ1) is 11.4. The first-order valence-corrected chi connectivity index (χ1v) is 8.21. The zero-order chi connectivity index (χ0) is 17.3. The Kier molecular flexibility index (Phi) is 4.51. The molecule has 1 saturated heterocycles. The molecule has 0 saturated carbocycles. The van der Waals surface area contributed by atoms with E-state index in [1.54, 1.807) is 21.8 Å². The third-order valence-electron chi connectivity index (χ3n) is 4.31. The summed E-state index contributed by atoms with van der Waals surface area (Å²) in [6.07, 6.45) is 3.69. The fourth-order valence-electron chi connectivity index (χ4n) is 2.85. The van der Waals surface area contributed by atoms with Crippen LogP contribution in [0.15, 0.2) is 30.6 Å². The van der Waals surface area contributed by atoms with E-state index in [1.807, 2.05) is 39.2 Å². The zero-order valence-electron chi connectivity index (χ0n) is 14.0. The van der Waals surface area contributed by atoms with Gasteiger partial charge < -0.3 is 15.0 Å². The molecule has 1 fully saturated rings. The van der Waals surface area contributed by atoms with Gasteiger partial charge in [0.05, 0.1) is 30.1 Å². The summed E-state index contributed by atoms with van der Waals surface area (Å²) in [7, 11) is 1.86. The summed E-state index contributed by atoms with van der Waals surface area (Å²) in [6, 6.07) is 5.40. The van der Waals surface area contributed by atoms with Gasteiger partial charge in [-0.1, -0.05) is 23.7 Å². The number of amides is 2. The lowest BCUT2D eigenvalue weighted by Crippen LogP contribution is -2.51. The number of urea groups is 1. The molecule has 2 amide bonds. The van der Waals surface area contributed by atoms with Gasteiger partial charge >= 0.3 is 6.03 Å². The number of hydrogen-bond donors (Lipinski definition) is 1. The molecule has 24 heavy (non-hydrogen) atoms. The van der Waals surface area contributed by atoms with Crippen molar-refractivity contribution in [2.24, 2.45) is 7.05 Å². The second-order valence-corrected chi connectivity index (χ2v) is 6.65. The van der Waals surface area contributed by atoms with Gasteiger partial charge in [0.15, 0.2) is 0 Å². The third kappa shape index (κ3) is 3.25. The lowest BCUT2D eigenvalue weighted by molar-refractivity contribution is -0.0895. The number of nitrogens with one attached hydrogen (secondary N) is 1. The van der Waals surface area contributed by atoms with Gasteiger partial charge in [0.25, 0.3) is 0 Å². The summed E-state index contributed by atoms with van der Waals surface area (Å²) in [5, 5.41) is 7.65. The predicted molar refractivity (Wildman–Crippen MR) is 93.3 cm³/mol. The molecule has 0 spiro atoms. The van der Waals surface area contributed by atoms with Gasteiger partial charge in [-0.3, -0.25) is 4.68 Å². The van der Waals surface area contributed by atoms with Crippen molar-refractivity contribution in [1.82, 2.24) is 14.7 Å². The van der Waals surface area contributed by atoms with Gasteiger partial charge in [-0.2, -0.15) is 5.10 Å². The molecule has 2 aromatic rings. The van der Waals surface area contributed by atoms with Gasteiger partial charge in [0.1, 0.15) is 5.60 Å². The molecule has 6 nitrogen and oxygen atoms in total. The fourth-order valence-corrected chi connectivity index (χ4v) is 3.02.